The van der Waals surface area contributed by atoms with Crippen molar-refractivity contribution in [3.63, 3.8) is 0 Å². The van der Waals surface area contributed by atoms with Gasteiger partial charge in [-0.1, -0.05) is 0 Å². The minimum Gasteiger partial charge on any atom is -0.356 e. The molecule has 7 heteroatoms. The molecule has 2 aromatic rings. The van der Waals surface area contributed by atoms with Crippen LogP contribution in [0.3, 0.4) is 0 Å². The lowest BCUT2D eigenvalue weighted by Gasteiger charge is -2.19. The van der Waals surface area contributed by atoms with E-state index in [-0.39, 0.29) is 10.6 Å². The molecular formula is C14H17N5O2. The molecule has 2 heterocycles. The van der Waals surface area contributed by atoms with E-state index in [0.717, 1.165) is 42.8 Å². The van der Waals surface area contributed by atoms with Gasteiger partial charge in [-0.25, -0.2) is 9.97 Å². The number of benzene rings is 1. The van der Waals surface area contributed by atoms with Crippen LogP contribution in [0.5, 0.6) is 0 Å². The molecule has 1 unspecified atom stereocenters. The lowest BCUT2D eigenvalue weighted by atomic mass is 10.1. The predicted octanol–water partition coefficient (Wildman–Crippen LogP) is 1.58. The molecule has 21 heavy (non-hydrogen) atoms. The molecule has 1 fully saturated rings. The Morgan fingerprint density at radius 1 is 1.48 bits per heavy atom. The molecule has 1 aromatic carbocycles. The van der Waals surface area contributed by atoms with E-state index in [1.165, 1.54) is 12.4 Å². The SMILES string of the molecule is CNCC1CCN(c2ncnc3ccc([N+](=O)[O-])cc23)C1. The third-order valence-corrected chi connectivity index (χ3v) is 3.89. The van der Waals surface area contributed by atoms with Crippen LogP contribution >= 0.6 is 0 Å². The Morgan fingerprint density at radius 3 is 3.10 bits per heavy atom. The molecule has 0 aliphatic carbocycles. The van der Waals surface area contributed by atoms with Crippen molar-refractivity contribution in [1.82, 2.24) is 15.3 Å². The zero-order valence-electron chi connectivity index (χ0n) is 11.8. The second-order valence-electron chi connectivity index (χ2n) is 5.31. The predicted molar refractivity (Wildman–Crippen MR) is 80.4 cm³/mol. The van der Waals surface area contributed by atoms with Crippen LogP contribution in [0.4, 0.5) is 11.5 Å². The molecule has 1 N–H and O–H groups in total. The Kier molecular flexibility index (Phi) is 3.66. The third kappa shape index (κ3) is 2.64. The molecule has 0 spiro atoms. The average molecular weight is 287 g/mol. The van der Waals surface area contributed by atoms with Gasteiger partial charge in [0.1, 0.15) is 12.1 Å². The molecule has 1 aliphatic rings. The van der Waals surface area contributed by atoms with Crippen molar-refractivity contribution in [2.24, 2.45) is 5.92 Å². The Balaban J connectivity index is 1.98. The molecule has 0 saturated carbocycles. The number of rotatable bonds is 4. The Bertz CT molecular complexity index is 675. The van der Waals surface area contributed by atoms with Crippen molar-refractivity contribution in [3.05, 3.63) is 34.6 Å². The van der Waals surface area contributed by atoms with Gasteiger partial charge in [0.15, 0.2) is 0 Å². The van der Waals surface area contributed by atoms with E-state index < -0.39 is 0 Å². The lowest BCUT2D eigenvalue weighted by molar-refractivity contribution is -0.384. The van der Waals surface area contributed by atoms with Gasteiger partial charge in [0, 0.05) is 30.6 Å². The Labute approximate surface area is 122 Å². The number of aromatic nitrogens is 2. The molecule has 1 saturated heterocycles. The number of hydrogen-bond acceptors (Lipinski definition) is 6. The smallest absolute Gasteiger partial charge is 0.270 e. The number of anilines is 1. The molecule has 3 rings (SSSR count). The third-order valence-electron chi connectivity index (χ3n) is 3.89. The summed E-state index contributed by atoms with van der Waals surface area (Å²) in [6.07, 6.45) is 2.62. The summed E-state index contributed by atoms with van der Waals surface area (Å²) < 4.78 is 0. The number of fused-ring (bicyclic) bond motifs is 1. The quantitative estimate of drug-likeness (QED) is 0.679. The van der Waals surface area contributed by atoms with Crippen LogP contribution in [0, 0.1) is 16.0 Å². The van der Waals surface area contributed by atoms with Crippen molar-refractivity contribution in [2.75, 3.05) is 31.6 Å². The van der Waals surface area contributed by atoms with Gasteiger partial charge >= 0.3 is 0 Å². The van der Waals surface area contributed by atoms with Gasteiger partial charge in [-0.15, -0.1) is 0 Å². The molecule has 1 atom stereocenters. The van der Waals surface area contributed by atoms with E-state index in [4.69, 9.17) is 0 Å². The van der Waals surface area contributed by atoms with Gasteiger partial charge < -0.3 is 10.2 Å². The Morgan fingerprint density at radius 2 is 2.33 bits per heavy atom. The van der Waals surface area contributed by atoms with Crippen LogP contribution in [0.15, 0.2) is 24.5 Å². The fourth-order valence-electron chi connectivity index (χ4n) is 2.88. The minimum atomic E-state index is -0.385. The van der Waals surface area contributed by atoms with Crippen molar-refractivity contribution in [2.45, 2.75) is 6.42 Å². The maximum Gasteiger partial charge on any atom is 0.270 e. The highest BCUT2D eigenvalue weighted by molar-refractivity contribution is 5.91. The van der Waals surface area contributed by atoms with Crippen molar-refractivity contribution in [1.29, 1.82) is 0 Å². The number of nitro groups is 1. The fraction of sp³-hybridized carbons (Fsp3) is 0.429. The summed E-state index contributed by atoms with van der Waals surface area (Å²) in [5.41, 5.74) is 0.812. The summed E-state index contributed by atoms with van der Waals surface area (Å²) in [4.78, 5) is 21.3. The zero-order chi connectivity index (χ0) is 14.8. The summed E-state index contributed by atoms with van der Waals surface area (Å²) in [7, 11) is 1.95. The summed E-state index contributed by atoms with van der Waals surface area (Å²) >= 11 is 0. The number of nitrogens with zero attached hydrogens (tertiary/aromatic N) is 4. The second-order valence-corrected chi connectivity index (χ2v) is 5.31. The summed E-state index contributed by atoms with van der Waals surface area (Å²) in [5.74, 6) is 1.38. The Hall–Kier alpha value is -2.28. The highest BCUT2D eigenvalue weighted by Crippen LogP contribution is 2.30. The van der Waals surface area contributed by atoms with Crippen LogP contribution in [0.25, 0.3) is 10.9 Å². The standard InChI is InChI=1S/C14H17N5O2/c1-15-7-10-4-5-18(8-10)14-12-6-11(19(20)21)2-3-13(12)16-9-17-14/h2-3,6,9-10,15H,4-5,7-8H2,1H3. The van der Waals surface area contributed by atoms with Gasteiger partial charge in [0.25, 0.3) is 5.69 Å². The van der Waals surface area contributed by atoms with E-state index in [0.29, 0.717) is 5.92 Å². The van der Waals surface area contributed by atoms with Gasteiger partial charge in [-0.3, -0.25) is 10.1 Å². The molecule has 7 nitrogen and oxygen atoms in total. The zero-order valence-corrected chi connectivity index (χ0v) is 11.8. The maximum atomic E-state index is 11.0. The monoisotopic (exact) mass is 287 g/mol. The van der Waals surface area contributed by atoms with Gasteiger partial charge in [-0.05, 0) is 32.0 Å². The van der Waals surface area contributed by atoms with Crippen molar-refractivity contribution in [3.8, 4) is 0 Å². The first-order valence-electron chi connectivity index (χ1n) is 6.97. The van der Waals surface area contributed by atoms with Gasteiger partial charge in [0.2, 0.25) is 0 Å². The normalized spacial score (nSPS) is 18.3. The summed E-state index contributed by atoms with van der Waals surface area (Å²) in [5, 5.41) is 14.9. The van der Waals surface area contributed by atoms with Crippen LogP contribution < -0.4 is 10.2 Å². The molecule has 0 amide bonds. The minimum absolute atomic E-state index is 0.0736. The van der Waals surface area contributed by atoms with Gasteiger partial charge in [0.05, 0.1) is 10.4 Å². The highest BCUT2D eigenvalue weighted by atomic mass is 16.6. The van der Waals surface area contributed by atoms with Crippen LogP contribution in [0.2, 0.25) is 0 Å². The summed E-state index contributed by atoms with van der Waals surface area (Å²) in [6, 6.07) is 4.72. The van der Waals surface area contributed by atoms with Crippen LogP contribution in [0.1, 0.15) is 6.42 Å². The van der Waals surface area contributed by atoms with Gasteiger partial charge in [-0.2, -0.15) is 0 Å². The highest BCUT2D eigenvalue weighted by Gasteiger charge is 2.24. The molecular weight excluding hydrogens is 270 g/mol. The molecule has 0 radical (unpaired) electrons. The number of nitro benzene ring substituents is 1. The first kappa shape index (κ1) is 13.7. The van der Waals surface area contributed by atoms with E-state index in [9.17, 15) is 10.1 Å². The maximum absolute atomic E-state index is 11.0. The van der Waals surface area contributed by atoms with E-state index in [1.807, 2.05) is 7.05 Å². The van der Waals surface area contributed by atoms with E-state index in [1.54, 1.807) is 12.1 Å². The first-order valence-corrected chi connectivity index (χ1v) is 6.97. The first-order chi connectivity index (χ1) is 10.2. The topological polar surface area (TPSA) is 84.2 Å². The number of nitrogens with one attached hydrogen (secondary N) is 1. The van der Waals surface area contributed by atoms with E-state index in [2.05, 4.69) is 20.2 Å². The number of hydrogen-bond donors (Lipinski definition) is 1. The summed E-state index contributed by atoms with van der Waals surface area (Å²) in [6.45, 7) is 2.80. The lowest BCUT2D eigenvalue weighted by Crippen LogP contribution is -2.25. The van der Waals surface area contributed by atoms with Crippen molar-refractivity contribution < 1.29 is 4.92 Å². The second kappa shape index (κ2) is 5.61. The molecule has 0 bridgehead atoms. The molecule has 1 aliphatic heterocycles. The molecule has 110 valence electrons. The fourth-order valence-corrected chi connectivity index (χ4v) is 2.88. The average Bonchev–Trinajstić information content (AvgIpc) is 2.95. The molecule has 1 aromatic heterocycles. The largest absolute Gasteiger partial charge is 0.356 e. The number of non-ortho nitro benzene ring substituents is 1. The van der Waals surface area contributed by atoms with Crippen LogP contribution in [-0.4, -0.2) is 41.6 Å². The van der Waals surface area contributed by atoms with E-state index >= 15 is 0 Å². The van der Waals surface area contributed by atoms with Crippen molar-refractivity contribution >= 4 is 22.4 Å². The van der Waals surface area contributed by atoms with Crippen LogP contribution in [-0.2, 0) is 0 Å².